The van der Waals surface area contributed by atoms with E-state index in [1.54, 1.807) is 65.8 Å². The predicted octanol–water partition coefficient (Wildman–Crippen LogP) is 16.5. The molecule has 2 amide bonds. The molecule has 2 aliphatic rings. The van der Waals surface area contributed by atoms with Crippen LogP contribution < -0.4 is 21.8 Å². The van der Waals surface area contributed by atoms with Crippen molar-refractivity contribution in [2.75, 3.05) is 45.9 Å². The Hall–Kier alpha value is -7.84. The molecule has 106 heavy (non-hydrogen) atoms. The number of hydrogen-bond donors (Lipinski definition) is 3. The van der Waals surface area contributed by atoms with E-state index in [1.807, 2.05) is 9.80 Å². The molecule has 3 N–H and O–H groups in total. The summed E-state index contributed by atoms with van der Waals surface area (Å²) in [5, 5.41) is 14.3. The summed E-state index contributed by atoms with van der Waals surface area (Å²) >= 11 is 0. The molecular weight excluding hydrogens is 1470 g/mol. The summed E-state index contributed by atoms with van der Waals surface area (Å²) in [6.07, 6.45) is -20.9. The Morgan fingerprint density at radius 1 is 0.491 bits per heavy atom. The number of carboxylic acid groups (broad SMARTS) is 1. The van der Waals surface area contributed by atoms with Crippen LogP contribution in [0.1, 0.15) is 175 Å². The van der Waals surface area contributed by atoms with E-state index in [1.165, 1.54) is 6.92 Å². The zero-order valence-corrected chi connectivity index (χ0v) is 62.0. The van der Waals surface area contributed by atoms with E-state index < -0.39 is 166 Å². The molecule has 2 fully saturated rings. The molecule has 6 aromatic rings. The predicted molar refractivity (Wildman–Crippen MR) is 377 cm³/mol. The summed E-state index contributed by atoms with van der Waals surface area (Å²) in [4.78, 5) is 83.1. The van der Waals surface area contributed by atoms with Gasteiger partial charge in [-0.05, 0) is 208 Å². The standard InChI is InChI=1S/C38H43F8N3O4.C36H39F8N3O4.2H2S/c1-7-53-32(51)18-29(26-15-25(16-28(34(26)39)38(44,45)46)33-22(3)13-21(2)14-23(33)4)47-35(52)30(19-36(5,6)40)49-20-24(9-12-48-10-8-11-48)27(17-31(49)50)37(41,42)43;1-19-11-20(2)31(21(3)12-19)23-13-24(32(37)26(14-23)36(42,43)44)27(16-30(49)50)45-33(51)28(17-34(4,5)38)47-18-22(7-10-46-8-6-9-46)25(15-29(47)48)35(39,40)41;;/h13-17,20,29-30H,7-12,18-19H2,1-6H3,(H,47,52);11-15,18,27-28H,6-10,16-17H2,1-5H3,(H,45,51)(H,49,50);2*1H2/t29-,30?;27-,28?;;/m00../s1. The number of likely N-dealkylation sites (tertiary alicyclic amines) is 2. The van der Waals surface area contributed by atoms with Gasteiger partial charge in [0.15, 0.2) is 0 Å². The number of hydrogen-bond acceptors (Lipinski definition) is 9. The lowest BCUT2D eigenvalue weighted by atomic mass is 9.89. The van der Waals surface area contributed by atoms with Gasteiger partial charge in [-0.3, -0.25) is 28.8 Å². The van der Waals surface area contributed by atoms with E-state index in [0.717, 1.165) is 76.2 Å². The normalized spacial score (nSPS) is 14.9. The van der Waals surface area contributed by atoms with Crippen molar-refractivity contribution in [1.82, 2.24) is 29.6 Å². The Morgan fingerprint density at radius 2 is 0.811 bits per heavy atom. The number of carboxylic acids is 1. The van der Waals surface area contributed by atoms with Crippen molar-refractivity contribution in [2.24, 2.45) is 0 Å². The van der Waals surface area contributed by atoms with Crippen LogP contribution >= 0.6 is 27.0 Å². The molecule has 2 aliphatic heterocycles. The lowest BCUT2D eigenvalue weighted by molar-refractivity contribution is -0.144. The van der Waals surface area contributed by atoms with Crippen molar-refractivity contribution >= 4 is 50.7 Å². The van der Waals surface area contributed by atoms with Gasteiger partial charge in [-0.1, -0.05) is 35.4 Å². The maximum Gasteiger partial charge on any atom is 0.419 e. The number of amides is 2. The fourth-order valence-electron chi connectivity index (χ4n) is 13.3. The number of nitrogens with zero attached hydrogens (tertiary/aromatic N) is 4. The number of halogens is 16. The van der Waals surface area contributed by atoms with E-state index in [-0.39, 0.29) is 87.8 Å². The molecule has 0 saturated carbocycles. The number of pyridine rings is 2. The van der Waals surface area contributed by atoms with Crippen LogP contribution in [0.4, 0.5) is 70.2 Å². The number of ether oxygens (including phenoxy) is 1. The van der Waals surface area contributed by atoms with E-state index >= 15 is 17.6 Å². The van der Waals surface area contributed by atoms with Gasteiger partial charge >= 0.3 is 36.6 Å². The first-order valence-corrected chi connectivity index (χ1v) is 33.4. The monoisotopic (exact) mass is 1550 g/mol. The Bertz CT molecular complexity index is 4260. The maximum absolute atomic E-state index is 16.1. The Morgan fingerprint density at radius 3 is 1.08 bits per heavy atom. The van der Waals surface area contributed by atoms with Crippen molar-refractivity contribution in [2.45, 2.75) is 188 Å². The second-order valence-electron chi connectivity index (χ2n) is 27.8. The Labute approximate surface area is 616 Å². The van der Waals surface area contributed by atoms with Crippen molar-refractivity contribution in [1.29, 1.82) is 0 Å². The summed E-state index contributed by atoms with van der Waals surface area (Å²) in [5.41, 5.74) is -10.9. The molecule has 2 unspecified atom stereocenters. The molecular formula is C74H86F16N6O8S2. The third-order valence-electron chi connectivity index (χ3n) is 18.0. The fourth-order valence-corrected chi connectivity index (χ4v) is 13.3. The highest BCUT2D eigenvalue weighted by Crippen LogP contribution is 2.44. The molecule has 4 atom stereocenters. The Balaban J connectivity index is 0.000000374. The van der Waals surface area contributed by atoms with Crippen LogP contribution in [0.25, 0.3) is 22.3 Å². The van der Waals surface area contributed by atoms with Crippen molar-refractivity contribution in [3.05, 3.63) is 183 Å². The molecule has 4 heterocycles. The highest BCUT2D eigenvalue weighted by molar-refractivity contribution is 7.59. The average Bonchev–Trinajstić information content (AvgIpc) is 0.772. The molecule has 32 heteroatoms. The Kier molecular flexibility index (Phi) is 29.3. The summed E-state index contributed by atoms with van der Waals surface area (Å²) in [7, 11) is 0. The van der Waals surface area contributed by atoms with E-state index in [0.29, 0.717) is 86.9 Å². The first-order chi connectivity index (χ1) is 48.0. The number of aliphatic carboxylic acids is 1. The maximum atomic E-state index is 16.1. The topological polar surface area (TPSA) is 172 Å². The molecule has 584 valence electrons. The fraction of sp³-hybridized carbons (Fsp3) is 0.486. The van der Waals surface area contributed by atoms with Crippen LogP contribution in [-0.2, 0) is 61.5 Å². The first kappa shape index (κ1) is 88.8. The van der Waals surface area contributed by atoms with Gasteiger partial charge in [-0.25, -0.2) is 17.6 Å². The quantitative estimate of drug-likeness (QED) is 0.0370. The first-order valence-electron chi connectivity index (χ1n) is 33.4. The van der Waals surface area contributed by atoms with Crippen molar-refractivity contribution < 1.29 is 99.3 Å². The number of aryl methyl sites for hydroxylation is 6. The number of alkyl halides is 14. The lowest BCUT2D eigenvalue weighted by Gasteiger charge is -2.31. The molecule has 2 saturated heterocycles. The van der Waals surface area contributed by atoms with Gasteiger partial charge in [0, 0.05) is 61.6 Å². The number of carbonyl (C=O) groups excluding carboxylic acids is 3. The second-order valence-corrected chi connectivity index (χ2v) is 27.8. The third kappa shape index (κ3) is 22.9. The number of esters is 1. The van der Waals surface area contributed by atoms with Gasteiger partial charge in [0.2, 0.25) is 11.8 Å². The van der Waals surface area contributed by atoms with E-state index in [9.17, 15) is 86.6 Å². The number of aromatic nitrogens is 2. The van der Waals surface area contributed by atoms with Crippen LogP contribution in [0.2, 0.25) is 0 Å². The minimum Gasteiger partial charge on any atom is -0.481 e. The molecule has 0 spiro atoms. The van der Waals surface area contributed by atoms with Gasteiger partial charge in [0.05, 0.1) is 53.8 Å². The smallest absolute Gasteiger partial charge is 0.419 e. The van der Waals surface area contributed by atoms with Crippen molar-refractivity contribution in [3.8, 4) is 22.3 Å². The number of carbonyl (C=O) groups is 4. The average molecular weight is 1560 g/mol. The van der Waals surface area contributed by atoms with Crippen LogP contribution in [0.5, 0.6) is 0 Å². The summed E-state index contributed by atoms with van der Waals surface area (Å²) in [6.45, 7) is 18.7. The number of benzene rings is 4. The van der Waals surface area contributed by atoms with Crippen LogP contribution in [0.15, 0.2) is 82.6 Å². The molecule has 0 radical (unpaired) electrons. The summed E-state index contributed by atoms with van der Waals surface area (Å²) in [6, 6.07) is 3.11. The van der Waals surface area contributed by atoms with Crippen LogP contribution in [0.3, 0.4) is 0 Å². The van der Waals surface area contributed by atoms with Crippen molar-refractivity contribution in [3.63, 3.8) is 0 Å². The summed E-state index contributed by atoms with van der Waals surface area (Å²) in [5.74, 6) is -8.89. The minimum atomic E-state index is -5.25. The third-order valence-corrected chi connectivity index (χ3v) is 18.0. The largest absolute Gasteiger partial charge is 0.481 e. The van der Waals surface area contributed by atoms with Gasteiger partial charge in [0.25, 0.3) is 11.1 Å². The summed E-state index contributed by atoms with van der Waals surface area (Å²) < 4.78 is 239. The SMILES string of the molecule is CCOC(=O)C[C@H](NC(=O)C(CC(C)(C)F)n1cc(CCN2CCC2)c(C(F)(F)F)cc1=O)c1cc(-c2c(C)cc(C)cc2C)cc(C(F)(F)F)c1F.Cc1cc(C)c(-c2cc([C@H](CC(=O)O)NC(=O)C(CC(C)(C)F)n3cc(CCN4CCC4)c(C(F)(F)F)cc3=O)c(F)c(C(F)(F)F)c2)c(C)c1.S.S. The molecule has 8 rings (SSSR count). The molecule has 0 bridgehead atoms. The zero-order valence-electron chi connectivity index (χ0n) is 60.0. The zero-order chi connectivity index (χ0) is 77.8. The van der Waals surface area contributed by atoms with Crippen LogP contribution in [0, 0.1) is 53.2 Å². The number of rotatable bonds is 25. The van der Waals surface area contributed by atoms with Crippen LogP contribution in [-0.4, -0.2) is 105 Å². The van der Waals surface area contributed by atoms with E-state index in [2.05, 4.69) is 10.6 Å². The highest BCUT2D eigenvalue weighted by atomic mass is 32.1. The second kappa shape index (κ2) is 35.0. The number of nitrogens with one attached hydrogen (secondary N) is 2. The van der Waals surface area contributed by atoms with Gasteiger partial charge < -0.3 is 39.4 Å². The van der Waals surface area contributed by atoms with Gasteiger partial charge in [-0.2, -0.15) is 79.7 Å². The van der Waals surface area contributed by atoms with E-state index in [4.69, 9.17) is 4.74 Å². The lowest BCUT2D eigenvalue weighted by Crippen LogP contribution is -2.42. The highest BCUT2D eigenvalue weighted by Gasteiger charge is 2.43. The molecule has 0 aliphatic carbocycles. The molecule has 4 aromatic carbocycles. The minimum absolute atomic E-state index is 0. The van der Waals surface area contributed by atoms with Gasteiger partial charge in [-0.15, -0.1) is 0 Å². The van der Waals surface area contributed by atoms with Gasteiger partial charge in [0.1, 0.15) is 35.1 Å². The molecule has 2 aromatic heterocycles. The molecule has 14 nitrogen and oxygen atoms in total.